The molecule has 1 aromatic heterocycles. The summed E-state index contributed by atoms with van der Waals surface area (Å²) in [5, 5.41) is 3.47. The Morgan fingerprint density at radius 2 is 2.06 bits per heavy atom. The van der Waals surface area contributed by atoms with E-state index >= 15 is 0 Å². The number of furan rings is 1. The number of nitrogens with one attached hydrogen (secondary N) is 1. The van der Waals surface area contributed by atoms with Crippen molar-refractivity contribution < 1.29 is 4.42 Å². The van der Waals surface area contributed by atoms with Crippen LogP contribution in [-0.4, -0.2) is 31.1 Å². The van der Waals surface area contributed by atoms with Crippen LogP contribution >= 0.6 is 0 Å². The Morgan fingerprint density at radius 3 is 2.61 bits per heavy atom. The average molecular weight is 250 g/mol. The van der Waals surface area contributed by atoms with Crippen LogP contribution in [0.15, 0.2) is 16.5 Å². The van der Waals surface area contributed by atoms with Crippen LogP contribution in [0, 0.1) is 5.92 Å². The highest BCUT2D eigenvalue weighted by molar-refractivity contribution is 5.17. The first-order chi connectivity index (χ1) is 8.40. The SMILES string of the molecule is CC1CC1c1ccc(CNCC(C)(C)N(C)C)o1. The molecule has 2 atom stereocenters. The molecular formula is C15H26N2O. The van der Waals surface area contributed by atoms with E-state index in [1.54, 1.807) is 0 Å². The predicted octanol–water partition coefficient (Wildman–Crippen LogP) is 2.83. The third-order valence-electron chi connectivity index (χ3n) is 4.22. The zero-order chi connectivity index (χ0) is 13.3. The first-order valence-electron chi connectivity index (χ1n) is 6.87. The normalized spacial score (nSPS) is 23.7. The lowest BCUT2D eigenvalue weighted by atomic mass is 10.0. The van der Waals surface area contributed by atoms with Crippen molar-refractivity contribution in [1.29, 1.82) is 0 Å². The Bertz CT molecular complexity index is 395. The predicted molar refractivity (Wildman–Crippen MR) is 74.7 cm³/mol. The summed E-state index contributed by atoms with van der Waals surface area (Å²) < 4.78 is 5.88. The van der Waals surface area contributed by atoms with E-state index in [-0.39, 0.29) is 5.54 Å². The highest BCUT2D eigenvalue weighted by atomic mass is 16.3. The molecule has 2 unspecified atom stereocenters. The lowest BCUT2D eigenvalue weighted by Gasteiger charge is -2.32. The van der Waals surface area contributed by atoms with E-state index in [2.05, 4.69) is 57.2 Å². The summed E-state index contributed by atoms with van der Waals surface area (Å²) in [6.07, 6.45) is 1.29. The van der Waals surface area contributed by atoms with Gasteiger partial charge in [0.25, 0.3) is 0 Å². The minimum absolute atomic E-state index is 0.167. The van der Waals surface area contributed by atoms with Gasteiger partial charge in [-0.15, -0.1) is 0 Å². The van der Waals surface area contributed by atoms with E-state index < -0.39 is 0 Å². The maximum atomic E-state index is 5.88. The van der Waals surface area contributed by atoms with Crippen molar-refractivity contribution in [2.75, 3.05) is 20.6 Å². The largest absolute Gasteiger partial charge is 0.464 e. The number of hydrogen-bond donors (Lipinski definition) is 1. The molecule has 0 saturated heterocycles. The van der Waals surface area contributed by atoms with Gasteiger partial charge in [0.05, 0.1) is 6.54 Å². The van der Waals surface area contributed by atoms with E-state index in [9.17, 15) is 0 Å². The summed E-state index contributed by atoms with van der Waals surface area (Å²) in [5.74, 6) is 3.71. The molecule has 1 N–H and O–H groups in total. The van der Waals surface area contributed by atoms with Crippen molar-refractivity contribution in [1.82, 2.24) is 10.2 Å². The molecule has 1 aliphatic carbocycles. The van der Waals surface area contributed by atoms with Crippen molar-refractivity contribution in [2.24, 2.45) is 5.92 Å². The van der Waals surface area contributed by atoms with E-state index in [1.165, 1.54) is 12.2 Å². The van der Waals surface area contributed by atoms with Crippen LogP contribution in [0.5, 0.6) is 0 Å². The van der Waals surface area contributed by atoms with Gasteiger partial charge < -0.3 is 14.6 Å². The quantitative estimate of drug-likeness (QED) is 0.841. The van der Waals surface area contributed by atoms with Gasteiger partial charge in [-0.25, -0.2) is 0 Å². The molecule has 0 radical (unpaired) electrons. The zero-order valence-corrected chi connectivity index (χ0v) is 12.3. The fourth-order valence-corrected chi connectivity index (χ4v) is 2.06. The van der Waals surface area contributed by atoms with Crippen molar-refractivity contribution >= 4 is 0 Å². The Kier molecular flexibility index (Phi) is 3.83. The van der Waals surface area contributed by atoms with Gasteiger partial charge in [0.1, 0.15) is 11.5 Å². The van der Waals surface area contributed by atoms with Gasteiger partial charge in [0, 0.05) is 18.0 Å². The summed E-state index contributed by atoms with van der Waals surface area (Å²) in [6, 6.07) is 4.25. The third-order valence-corrected chi connectivity index (χ3v) is 4.22. The molecule has 0 aliphatic heterocycles. The molecule has 1 aliphatic rings. The molecule has 102 valence electrons. The Balaban J connectivity index is 1.78. The van der Waals surface area contributed by atoms with Crippen LogP contribution in [0.2, 0.25) is 0 Å². The van der Waals surface area contributed by atoms with Crippen molar-refractivity contribution in [3.63, 3.8) is 0 Å². The fourth-order valence-electron chi connectivity index (χ4n) is 2.06. The van der Waals surface area contributed by atoms with Gasteiger partial charge in [0.2, 0.25) is 0 Å². The van der Waals surface area contributed by atoms with Crippen LogP contribution in [0.25, 0.3) is 0 Å². The molecule has 0 amide bonds. The molecular weight excluding hydrogens is 224 g/mol. The lowest BCUT2D eigenvalue weighted by Crippen LogP contribution is -2.46. The minimum atomic E-state index is 0.167. The summed E-state index contributed by atoms with van der Waals surface area (Å²) in [7, 11) is 4.22. The summed E-state index contributed by atoms with van der Waals surface area (Å²) in [4.78, 5) is 2.24. The van der Waals surface area contributed by atoms with Gasteiger partial charge in [-0.3, -0.25) is 0 Å². The van der Waals surface area contributed by atoms with Crippen LogP contribution in [0.3, 0.4) is 0 Å². The molecule has 1 aromatic rings. The number of likely N-dealkylation sites (N-methyl/N-ethyl adjacent to an activating group) is 1. The first kappa shape index (κ1) is 13.6. The molecule has 0 spiro atoms. The molecule has 2 rings (SSSR count). The van der Waals surface area contributed by atoms with Gasteiger partial charge in [0.15, 0.2) is 0 Å². The molecule has 1 heterocycles. The smallest absolute Gasteiger partial charge is 0.117 e. The Hall–Kier alpha value is -0.800. The number of nitrogens with zero attached hydrogens (tertiary/aromatic N) is 1. The second-order valence-corrected chi connectivity index (χ2v) is 6.43. The standard InChI is InChI=1S/C15H26N2O/c1-11-8-13(11)14-7-6-12(18-14)9-16-10-15(2,3)17(4)5/h6-7,11,13,16H,8-10H2,1-5H3. The molecule has 1 fully saturated rings. The minimum Gasteiger partial charge on any atom is -0.464 e. The van der Waals surface area contributed by atoms with Gasteiger partial charge in [-0.1, -0.05) is 6.92 Å². The number of hydrogen-bond acceptors (Lipinski definition) is 3. The van der Waals surface area contributed by atoms with Gasteiger partial charge in [-0.2, -0.15) is 0 Å². The Morgan fingerprint density at radius 1 is 1.39 bits per heavy atom. The van der Waals surface area contributed by atoms with Crippen LogP contribution in [0.4, 0.5) is 0 Å². The molecule has 0 bridgehead atoms. The second-order valence-electron chi connectivity index (χ2n) is 6.43. The van der Waals surface area contributed by atoms with Crippen LogP contribution in [0.1, 0.15) is 44.6 Å². The van der Waals surface area contributed by atoms with E-state index in [0.29, 0.717) is 5.92 Å². The third kappa shape index (κ3) is 3.15. The van der Waals surface area contributed by atoms with Crippen molar-refractivity contribution in [3.8, 4) is 0 Å². The molecule has 3 heteroatoms. The molecule has 0 aromatic carbocycles. The topological polar surface area (TPSA) is 28.4 Å². The zero-order valence-electron chi connectivity index (χ0n) is 12.3. The maximum absolute atomic E-state index is 5.88. The van der Waals surface area contributed by atoms with E-state index in [4.69, 9.17) is 4.42 Å². The maximum Gasteiger partial charge on any atom is 0.117 e. The highest BCUT2D eigenvalue weighted by Crippen LogP contribution is 2.47. The van der Waals surface area contributed by atoms with Crippen LogP contribution in [-0.2, 0) is 6.54 Å². The molecule has 18 heavy (non-hydrogen) atoms. The summed E-state index contributed by atoms with van der Waals surface area (Å²) >= 11 is 0. The fraction of sp³-hybridized carbons (Fsp3) is 0.733. The Labute approximate surface area is 111 Å². The molecule has 1 saturated carbocycles. The highest BCUT2D eigenvalue weighted by Gasteiger charge is 2.36. The number of rotatable bonds is 6. The first-order valence-corrected chi connectivity index (χ1v) is 6.87. The van der Waals surface area contributed by atoms with Gasteiger partial charge in [-0.05, 0) is 52.4 Å². The van der Waals surface area contributed by atoms with Gasteiger partial charge >= 0.3 is 0 Å². The van der Waals surface area contributed by atoms with Crippen molar-refractivity contribution in [3.05, 3.63) is 23.7 Å². The average Bonchev–Trinajstić information content (AvgIpc) is 2.84. The van der Waals surface area contributed by atoms with Crippen LogP contribution < -0.4 is 5.32 Å². The van der Waals surface area contributed by atoms with E-state index in [0.717, 1.165) is 24.8 Å². The molecule has 3 nitrogen and oxygen atoms in total. The summed E-state index contributed by atoms with van der Waals surface area (Å²) in [5.41, 5.74) is 0.167. The van der Waals surface area contributed by atoms with E-state index in [1.807, 2.05) is 0 Å². The van der Waals surface area contributed by atoms with Crippen molar-refractivity contribution in [2.45, 2.75) is 45.2 Å². The second kappa shape index (κ2) is 5.06. The summed E-state index contributed by atoms with van der Waals surface area (Å²) in [6.45, 7) is 8.53. The monoisotopic (exact) mass is 250 g/mol. The lowest BCUT2D eigenvalue weighted by molar-refractivity contribution is 0.188.